The van der Waals surface area contributed by atoms with Crippen LogP contribution in [0.5, 0.6) is 0 Å². The molecule has 7 nitrogen and oxygen atoms in total. The van der Waals surface area contributed by atoms with Crippen molar-refractivity contribution < 1.29 is 14.4 Å². The molecule has 0 spiro atoms. The molecule has 4 rings (SSSR count). The van der Waals surface area contributed by atoms with Gasteiger partial charge in [-0.25, -0.2) is 0 Å². The third-order valence-corrected chi connectivity index (χ3v) is 5.96. The lowest BCUT2D eigenvalue weighted by Crippen LogP contribution is -2.56. The van der Waals surface area contributed by atoms with Crippen molar-refractivity contribution in [3.05, 3.63) is 70.9 Å². The van der Waals surface area contributed by atoms with Crippen molar-refractivity contribution in [2.45, 2.75) is 19.4 Å². The van der Waals surface area contributed by atoms with Crippen LogP contribution in [0.15, 0.2) is 54.7 Å². The predicted octanol–water partition coefficient (Wildman–Crippen LogP) is 2.85. The molecule has 1 aliphatic heterocycles. The van der Waals surface area contributed by atoms with Gasteiger partial charge in [-0.1, -0.05) is 35.9 Å². The van der Waals surface area contributed by atoms with E-state index in [1.165, 1.54) is 6.92 Å². The average molecular weight is 453 g/mol. The van der Waals surface area contributed by atoms with Crippen LogP contribution in [0.2, 0.25) is 5.02 Å². The maximum Gasteiger partial charge on any atom is 0.254 e. The van der Waals surface area contributed by atoms with Gasteiger partial charge in [0.1, 0.15) is 6.04 Å². The average Bonchev–Trinajstić information content (AvgIpc) is 3.20. The Morgan fingerprint density at radius 2 is 1.75 bits per heavy atom. The van der Waals surface area contributed by atoms with Gasteiger partial charge in [-0.2, -0.15) is 0 Å². The van der Waals surface area contributed by atoms with E-state index in [0.29, 0.717) is 43.2 Å². The molecular formula is C24H25ClN4O3. The molecule has 3 amide bonds. The maximum atomic E-state index is 13.3. The van der Waals surface area contributed by atoms with Crippen LogP contribution in [0.25, 0.3) is 10.9 Å². The largest absolute Gasteiger partial charge is 0.361 e. The van der Waals surface area contributed by atoms with E-state index in [1.54, 1.807) is 34.1 Å². The molecule has 0 radical (unpaired) electrons. The number of nitrogens with zero attached hydrogens (tertiary/aromatic N) is 2. The number of nitrogens with one attached hydrogen (secondary N) is 2. The molecule has 8 heteroatoms. The minimum atomic E-state index is -0.665. The van der Waals surface area contributed by atoms with E-state index in [-0.39, 0.29) is 17.7 Å². The summed E-state index contributed by atoms with van der Waals surface area (Å²) in [6.45, 7) is 3.09. The van der Waals surface area contributed by atoms with Crippen LogP contribution in [-0.2, 0) is 16.0 Å². The van der Waals surface area contributed by atoms with Gasteiger partial charge in [-0.15, -0.1) is 0 Å². The quantitative estimate of drug-likeness (QED) is 0.624. The summed E-state index contributed by atoms with van der Waals surface area (Å²) in [7, 11) is 0. The Labute approximate surface area is 191 Å². The molecule has 1 atom stereocenters. The van der Waals surface area contributed by atoms with Crippen LogP contribution in [0.3, 0.4) is 0 Å². The number of aromatic amines is 1. The fraction of sp³-hybridized carbons (Fsp3) is 0.292. The van der Waals surface area contributed by atoms with E-state index in [0.717, 1.165) is 16.5 Å². The zero-order chi connectivity index (χ0) is 22.7. The Hall–Kier alpha value is -3.32. The van der Waals surface area contributed by atoms with Crippen molar-refractivity contribution in [2.24, 2.45) is 0 Å². The van der Waals surface area contributed by atoms with Crippen LogP contribution < -0.4 is 5.32 Å². The zero-order valence-electron chi connectivity index (χ0n) is 17.8. The number of fused-ring (bicyclic) bond motifs is 1. The number of benzene rings is 2. The van der Waals surface area contributed by atoms with E-state index in [1.807, 2.05) is 30.5 Å². The molecular weight excluding hydrogens is 428 g/mol. The molecule has 0 saturated carbocycles. The van der Waals surface area contributed by atoms with Gasteiger partial charge in [0.15, 0.2) is 0 Å². The van der Waals surface area contributed by atoms with Gasteiger partial charge in [-0.3, -0.25) is 14.4 Å². The summed E-state index contributed by atoms with van der Waals surface area (Å²) in [5.74, 6) is -0.491. The minimum absolute atomic E-state index is 0.100. The molecule has 1 fully saturated rings. The number of rotatable bonds is 5. The summed E-state index contributed by atoms with van der Waals surface area (Å²) in [6, 6.07) is 14.1. The number of halogens is 1. The van der Waals surface area contributed by atoms with Crippen LogP contribution in [0.4, 0.5) is 0 Å². The van der Waals surface area contributed by atoms with Gasteiger partial charge in [0, 0.05) is 67.2 Å². The first-order valence-corrected chi connectivity index (χ1v) is 11.0. The van der Waals surface area contributed by atoms with Gasteiger partial charge in [0.2, 0.25) is 11.8 Å². The molecule has 0 aliphatic carbocycles. The molecule has 3 aromatic rings. The number of carbonyl (C=O) groups excluding carboxylic acids is 3. The molecule has 32 heavy (non-hydrogen) atoms. The molecule has 2 heterocycles. The number of amides is 3. The Balaban J connectivity index is 1.43. The van der Waals surface area contributed by atoms with E-state index >= 15 is 0 Å². The highest BCUT2D eigenvalue weighted by atomic mass is 35.5. The highest BCUT2D eigenvalue weighted by Gasteiger charge is 2.30. The number of hydrogen-bond acceptors (Lipinski definition) is 3. The molecule has 0 bridgehead atoms. The highest BCUT2D eigenvalue weighted by Crippen LogP contribution is 2.20. The lowest BCUT2D eigenvalue weighted by Gasteiger charge is -2.36. The Kier molecular flexibility index (Phi) is 6.46. The summed E-state index contributed by atoms with van der Waals surface area (Å²) < 4.78 is 0. The number of para-hydroxylation sites is 1. The monoisotopic (exact) mass is 452 g/mol. The van der Waals surface area contributed by atoms with Crippen molar-refractivity contribution >= 4 is 40.2 Å². The summed E-state index contributed by atoms with van der Waals surface area (Å²) in [5, 5.41) is 4.36. The maximum absolute atomic E-state index is 13.3. The van der Waals surface area contributed by atoms with E-state index in [4.69, 9.17) is 11.6 Å². The predicted molar refractivity (Wildman–Crippen MR) is 124 cm³/mol. The molecule has 2 N–H and O–H groups in total. The van der Waals surface area contributed by atoms with Crippen LogP contribution in [0.1, 0.15) is 22.8 Å². The van der Waals surface area contributed by atoms with Gasteiger partial charge in [-0.05, 0) is 29.8 Å². The topological polar surface area (TPSA) is 85.5 Å². The fourth-order valence-corrected chi connectivity index (χ4v) is 4.31. The standard InChI is InChI=1S/C24H25ClN4O3/c1-16(30)27-22(14-18-15-26-21-8-3-2-7-20(18)21)24(32)29-11-9-28(10-12-29)23(31)17-5-4-6-19(25)13-17/h2-8,13,15,22,26H,9-12,14H2,1H3,(H,27,30). The van der Waals surface area contributed by atoms with Gasteiger partial charge < -0.3 is 20.1 Å². The van der Waals surface area contributed by atoms with Crippen molar-refractivity contribution in [1.82, 2.24) is 20.1 Å². The number of hydrogen-bond donors (Lipinski definition) is 2. The summed E-state index contributed by atoms with van der Waals surface area (Å²) in [5.41, 5.74) is 2.50. The Bertz CT molecular complexity index is 1150. The third kappa shape index (κ3) is 4.78. The fourth-order valence-electron chi connectivity index (χ4n) is 4.12. The van der Waals surface area contributed by atoms with Crippen LogP contribution in [-0.4, -0.2) is 64.7 Å². The summed E-state index contributed by atoms with van der Waals surface area (Å²) in [6.07, 6.45) is 2.28. The molecule has 1 unspecified atom stereocenters. The molecule has 2 aromatic carbocycles. The Morgan fingerprint density at radius 1 is 1.03 bits per heavy atom. The van der Waals surface area contributed by atoms with Crippen molar-refractivity contribution in [1.29, 1.82) is 0 Å². The number of piperazine rings is 1. The van der Waals surface area contributed by atoms with Gasteiger partial charge in [0.05, 0.1) is 0 Å². The molecule has 166 valence electrons. The number of H-pyrrole nitrogens is 1. The lowest BCUT2D eigenvalue weighted by molar-refractivity contribution is -0.137. The first-order valence-electron chi connectivity index (χ1n) is 10.6. The number of aromatic nitrogens is 1. The van der Waals surface area contributed by atoms with E-state index < -0.39 is 6.04 Å². The zero-order valence-corrected chi connectivity index (χ0v) is 18.6. The van der Waals surface area contributed by atoms with E-state index in [9.17, 15) is 14.4 Å². The van der Waals surface area contributed by atoms with Crippen LogP contribution >= 0.6 is 11.6 Å². The Morgan fingerprint density at radius 3 is 2.47 bits per heavy atom. The van der Waals surface area contributed by atoms with Gasteiger partial charge in [0.25, 0.3) is 5.91 Å². The second-order valence-electron chi connectivity index (χ2n) is 7.94. The lowest BCUT2D eigenvalue weighted by atomic mass is 10.0. The first kappa shape index (κ1) is 21.9. The third-order valence-electron chi connectivity index (χ3n) is 5.72. The van der Waals surface area contributed by atoms with Crippen LogP contribution in [0, 0.1) is 0 Å². The van der Waals surface area contributed by atoms with Crippen molar-refractivity contribution in [3.63, 3.8) is 0 Å². The smallest absolute Gasteiger partial charge is 0.254 e. The SMILES string of the molecule is CC(=O)NC(Cc1c[nH]c2ccccc12)C(=O)N1CCN(C(=O)c2cccc(Cl)c2)CC1. The van der Waals surface area contributed by atoms with Crippen molar-refractivity contribution in [3.8, 4) is 0 Å². The first-order chi connectivity index (χ1) is 15.4. The molecule has 1 aromatic heterocycles. The second kappa shape index (κ2) is 9.44. The molecule has 1 aliphatic rings. The summed E-state index contributed by atoms with van der Waals surface area (Å²) in [4.78, 5) is 44.5. The number of carbonyl (C=O) groups is 3. The van der Waals surface area contributed by atoms with Crippen molar-refractivity contribution in [2.75, 3.05) is 26.2 Å². The minimum Gasteiger partial charge on any atom is -0.361 e. The van der Waals surface area contributed by atoms with Gasteiger partial charge >= 0.3 is 0 Å². The molecule has 1 saturated heterocycles. The normalized spacial score (nSPS) is 14.9. The second-order valence-corrected chi connectivity index (χ2v) is 8.38. The highest BCUT2D eigenvalue weighted by molar-refractivity contribution is 6.30. The van der Waals surface area contributed by atoms with E-state index in [2.05, 4.69) is 10.3 Å². The summed E-state index contributed by atoms with van der Waals surface area (Å²) >= 11 is 6.00.